The molecule has 2 aromatic heterocycles. The summed E-state index contributed by atoms with van der Waals surface area (Å²) in [6.45, 7) is 5.89. The lowest BCUT2D eigenvalue weighted by Crippen LogP contribution is -2.29. The SMILES string of the molecule is CC(C)Oc1cncc(C2=CC=C(NC(=O)Cc3ccnc(NS(=O)(=O)C4CC4)n3)C(C)C2)n1. The van der Waals surface area contributed by atoms with Gasteiger partial charge in [0.2, 0.25) is 27.8 Å². The standard InChI is InChI=1S/C23H28N6O4S/c1-14(2)33-22-13-24-12-20(28-22)16-4-7-19(15(3)10-16)27-21(30)11-17-8-9-25-23(26-17)29-34(31,32)18-5-6-18/h4,7-9,12-15,18H,5-6,10-11H2,1-3H3,(H,27,30)(H,25,26,29). The molecule has 1 unspecified atom stereocenters. The Balaban J connectivity index is 1.39. The summed E-state index contributed by atoms with van der Waals surface area (Å²) < 4.78 is 32.2. The van der Waals surface area contributed by atoms with E-state index in [9.17, 15) is 13.2 Å². The van der Waals surface area contributed by atoms with Gasteiger partial charge in [-0.25, -0.2) is 23.4 Å². The number of nitrogens with one attached hydrogen (secondary N) is 2. The number of aromatic nitrogens is 4. The molecule has 2 heterocycles. The van der Waals surface area contributed by atoms with Crippen molar-refractivity contribution in [2.75, 3.05) is 4.72 Å². The highest BCUT2D eigenvalue weighted by Crippen LogP contribution is 2.30. The Kier molecular flexibility index (Phi) is 6.92. The van der Waals surface area contributed by atoms with E-state index in [2.05, 4.69) is 30.0 Å². The van der Waals surface area contributed by atoms with Crippen LogP contribution in [0.3, 0.4) is 0 Å². The van der Waals surface area contributed by atoms with Crippen molar-refractivity contribution < 1.29 is 17.9 Å². The number of anilines is 1. The van der Waals surface area contributed by atoms with E-state index in [4.69, 9.17) is 4.74 Å². The zero-order valence-corrected chi connectivity index (χ0v) is 20.2. The number of hydrogen-bond acceptors (Lipinski definition) is 8. The highest BCUT2D eigenvalue weighted by atomic mass is 32.2. The van der Waals surface area contributed by atoms with Gasteiger partial charge >= 0.3 is 0 Å². The van der Waals surface area contributed by atoms with E-state index in [1.807, 2.05) is 32.9 Å². The zero-order valence-electron chi connectivity index (χ0n) is 19.4. The molecule has 11 heteroatoms. The van der Waals surface area contributed by atoms with Gasteiger partial charge < -0.3 is 10.1 Å². The summed E-state index contributed by atoms with van der Waals surface area (Å²) in [6.07, 6.45) is 10.5. The number of allylic oxidation sites excluding steroid dienone is 4. The van der Waals surface area contributed by atoms with Crippen molar-refractivity contribution in [1.82, 2.24) is 25.3 Å². The van der Waals surface area contributed by atoms with Crippen molar-refractivity contribution in [2.24, 2.45) is 5.92 Å². The predicted octanol–water partition coefficient (Wildman–Crippen LogP) is 2.62. The fraction of sp³-hybridized carbons (Fsp3) is 0.435. The van der Waals surface area contributed by atoms with Crippen LogP contribution in [-0.4, -0.2) is 45.6 Å². The van der Waals surface area contributed by atoms with Crippen LogP contribution >= 0.6 is 0 Å². The van der Waals surface area contributed by atoms with Crippen LogP contribution in [-0.2, 0) is 21.2 Å². The molecule has 2 aliphatic carbocycles. The molecular formula is C23H28N6O4S. The first kappa shape index (κ1) is 23.8. The first-order valence-electron chi connectivity index (χ1n) is 11.2. The maximum absolute atomic E-state index is 12.6. The fourth-order valence-corrected chi connectivity index (χ4v) is 4.80. The number of carbonyl (C=O) groups excluding carboxylic acids is 1. The summed E-state index contributed by atoms with van der Waals surface area (Å²) in [7, 11) is -3.46. The van der Waals surface area contributed by atoms with Crippen molar-refractivity contribution >= 4 is 27.5 Å². The minimum atomic E-state index is -3.46. The van der Waals surface area contributed by atoms with E-state index < -0.39 is 10.0 Å². The lowest BCUT2D eigenvalue weighted by atomic mass is 9.91. The molecule has 1 saturated carbocycles. The Hall–Kier alpha value is -3.34. The lowest BCUT2D eigenvalue weighted by molar-refractivity contribution is -0.119. The number of nitrogens with zero attached hydrogens (tertiary/aromatic N) is 4. The van der Waals surface area contributed by atoms with Crippen LogP contribution in [0.15, 0.2) is 42.5 Å². The van der Waals surface area contributed by atoms with Gasteiger partial charge in [-0.2, -0.15) is 0 Å². The second-order valence-corrected chi connectivity index (χ2v) is 10.7. The average molecular weight is 485 g/mol. The average Bonchev–Trinajstić information content (AvgIpc) is 3.61. The Morgan fingerprint density at radius 1 is 1.21 bits per heavy atom. The molecule has 34 heavy (non-hydrogen) atoms. The van der Waals surface area contributed by atoms with Crippen LogP contribution in [0.5, 0.6) is 5.88 Å². The van der Waals surface area contributed by atoms with Crippen LogP contribution in [0.25, 0.3) is 5.57 Å². The van der Waals surface area contributed by atoms with Crippen molar-refractivity contribution in [3.05, 3.63) is 53.9 Å². The summed E-state index contributed by atoms with van der Waals surface area (Å²) >= 11 is 0. The fourth-order valence-electron chi connectivity index (χ4n) is 3.52. The third-order valence-electron chi connectivity index (χ3n) is 5.35. The Morgan fingerprint density at radius 2 is 2.00 bits per heavy atom. The Morgan fingerprint density at radius 3 is 2.71 bits per heavy atom. The van der Waals surface area contributed by atoms with E-state index >= 15 is 0 Å². The number of amides is 1. The van der Waals surface area contributed by atoms with E-state index in [0.717, 1.165) is 17.0 Å². The van der Waals surface area contributed by atoms with Crippen LogP contribution in [0.4, 0.5) is 5.95 Å². The quantitative estimate of drug-likeness (QED) is 0.554. The van der Waals surface area contributed by atoms with Gasteiger partial charge in [-0.05, 0) is 50.8 Å². The summed E-state index contributed by atoms with van der Waals surface area (Å²) in [5.74, 6) is 0.288. The number of carbonyl (C=O) groups is 1. The molecule has 2 N–H and O–H groups in total. The van der Waals surface area contributed by atoms with Crippen LogP contribution in [0, 0.1) is 5.92 Å². The van der Waals surface area contributed by atoms with Gasteiger partial charge in [0.1, 0.15) is 0 Å². The summed E-state index contributed by atoms with van der Waals surface area (Å²) in [4.78, 5) is 29.5. The second kappa shape index (κ2) is 9.88. The molecule has 2 aromatic rings. The van der Waals surface area contributed by atoms with Gasteiger partial charge in [0, 0.05) is 17.8 Å². The highest BCUT2D eigenvalue weighted by Gasteiger charge is 2.36. The molecular weight excluding hydrogens is 456 g/mol. The third kappa shape index (κ3) is 6.16. The summed E-state index contributed by atoms with van der Waals surface area (Å²) in [6, 6.07) is 1.59. The zero-order chi connectivity index (χ0) is 24.3. The Bertz CT molecular complexity index is 1240. The molecule has 0 aromatic carbocycles. The summed E-state index contributed by atoms with van der Waals surface area (Å²) in [5.41, 5.74) is 2.97. The van der Waals surface area contributed by atoms with E-state index in [-0.39, 0.29) is 35.5 Å². The van der Waals surface area contributed by atoms with Crippen molar-refractivity contribution in [2.45, 2.75) is 57.8 Å². The minimum Gasteiger partial charge on any atom is -0.474 e. The van der Waals surface area contributed by atoms with Gasteiger partial charge in [0.15, 0.2) is 0 Å². The smallest absolute Gasteiger partial charge is 0.237 e. The largest absolute Gasteiger partial charge is 0.474 e. The van der Waals surface area contributed by atoms with Gasteiger partial charge in [0.05, 0.1) is 41.6 Å². The number of rotatable bonds is 9. The Labute approximate surface area is 199 Å². The number of hydrogen-bond donors (Lipinski definition) is 2. The van der Waals surface area contributed by atoms with Crippen molar-refractivity contribution in [1.29, 1.82) is 0 Å². The molecule has 180 valence electrons. The maximum Gasteiger partial charge on any atom is 0.237 e. The molecule has 1 amide bonds. The monoisotopic (exact) mass is 484 g/mol. The van der Waals surface area contributed by atoms with Crippen molar-refractivity contribution in [3.63, 3.8) is 0 Å². The van der Waals surface area contributed by atoms with Crippen LogP contribution < -0.4 is 14.8 Å². The topological polar surface area (TPSA) is 136 Å². The molecule has 1 fully saturated rings. The highest BCUT2D eigenvalue weighted by molar-refractivity contribution is 7.93. The molecule has 0 radical (unpaired) electrons. The van der Waals surface area contributed by atoms with Crippen LogP contribution in [0.1, 0.15) is 51.4 Å². The molecule has 0 spiro atoms. The molecule has 0 aliphatic heterocycles. The minimum absolute atomic E-state index is 0.00136. The molecule has 4 rings (SSSR count). The number of sulfonamides is 1. The van der Waals surface area contributed by atoms with Gasteiger partial charge in [0.25, 0.3) is 0 Å². The van der Waals surface area contributed by atoms with E-state index in [0.29, 0.717) is 30.8 Å². The molecule has 0 bridgehead atoms. The van der Waals surface area contributed by atoms with E-state index in [1.165, 1.54) is 6.20 Å². The molecule has 1 atom stereocenters. The third-order valence-corrected chi connectivity index (χ3v) is 7.17. The number of ether oxygens (including phenoxy) is 1. The second-order valence-electron chi connectivity index (χ2n) is 8.77. The van der Waals surface area contributed by atoms with E-state index in [1.54, 1.807) is 18.5 Å². The molecule has 0 saturated heterocycles. The summed E-state index contributed by atoms with van der Waals surface area (Å²) in [5, 5.41) is 2.56. The van der Waals surface area contributed by atoms with Crippen molar-refractivity contribution in [3.8, 4) is 5.88 Å². The molecule has 10 nitrogen and oxygen atoms in total. The van der Waals surface area contributed by atoms with Gasteiger partial charge in [-0.15, -0.1) is 0 Å². The van der Waals surface area contributed by atoms with Gasteiger partial charge in [-0.1, -0.05) is 13.0 Å². The predicted molar refractivity (Wildman–Crippen MR) is 127 cm³/mol. The first-order valence-corrected chi connectivity index (χ1v) is 12.8. The first-order chi connectivity index (χ1) is 16.2. The van der Waals surface area contributed by atoms with Gasteiger partial charge in [-0.3, -0.25) is 14.5 Å². The maximum atomic E-state index is 12.6. The lowest BCUT2D eigenvalue weighted by Gasteiger charge is -2.22. The normalized spacial score (nSPS) is 18.2. The van der Waals surface area contributed by atoms with Crippen LogP contribution in [0.2, 0.25) is 0 Å². The molecule has 2 aliphatic rings.